The number of likely N-dealkylation sites (N-methyl/N-ethyl adjacent to an activating group) is 1. The third-order valence-corrected chi connectivity index (χ3v) is 2.85. The van der Waals surface area contributed by atoms with Gasteiger partial charge in [-0.05, 0) is 38.5 Å². The normalized spacial score (nSPS) is 12.4. The fourth-order valence-electron chi connectivity index (χ4n) is 1.85. The number of amides is 2. The quantitative estimate of drug-likeness (QED) is 0.831. The highest BCUT2D eigenvalue weighted by Gasteiger charge is 2.25. The Morgan fingerprint density at radius 1 is 1.23 bits per heavy atom. The van der Waals surface area contributed by atoms with Crippen LogP contribution in [0, 0.1) is 0 Å². The van der Waals surface area contributed by atoms with Crippen molar-refractivity contribution in [2.75, 3.05) is 19.8 Å². The summed E-state index contributed by atoms with van der Waals surface area (Å²) >= 11 is 0. The van der Waals surface area contributed by atoms with Gasteiger partial charge in [-0.3, -0.25) is 4.79 Å². The second-order valence-electron chi connectivity index (χ2n) is 6.38. The van der Waals surface area contributed by atoms with Crippen LogP contribution in [0.5, 0.6) is 0 Å². The van der Waals surface area contributed by atoms with Crippen molar-refractivity contribution in [1.29, 1.82) is 0 Å². The zero-order valence-corrected chi connectivity index (χ0v) is 13.8. The molecule has 0 aliphatic heterocycles. The van der Waals surface area contributed by atoms with Gasteiger partial charge in [0, 0.05) is 26.2 Å². The van der Waals surface area contributed by atoms with Crippen LogP contribution in [-0.2, 0) is 16.0 Å². The summed E-state index contributed by atoms with van der Waals surface area (Å²) in [4.78, 5) is 25.6. The first-order chi connectivity index (χ1) is 10.1. The van der Waals surface area contributed by atoms with E-state index in [2.05, 4.69) is 5.32 Å². The van der Waals surface area contributed by atoms with Gasteiger partial charge >= 0.3 is 6.09 Å². The van der Waals surface area contributed by atoms with Crippen LogP contribution in [0.15, 0.2) is 24.3 Å². The van der Waals surface area contributed by atoms with E-state index in [4.69, 9.17) is 10.5 Å². The van der Waals surface area contributed by atoms with Crippen LogP contribution in [0.1, 0.15) is 26.3 Å². The SMILES string of the molecule is CN(C)C(=O)C(Cc1ccc(N)cc1)NC(=O)OC(C)(C)C. The second-order valence-corrected chi connectivity index (χ2v) is 6.38. The third-order valence-electron chi connectivity index (χ3n) is 2.85. The van der Waals surface area contributed by atoms with E-state index in [0.717, 1.165) is 5.56 Å². The van der Waals surface area contributed by atoms with E-state index in [0.29, 0.717) is 12.1 Å². The summed E-state index contributed by atoms with van der Waals surface area (Å²) in [5, 5.41) is 2.63. The Balaban J connectivity index is 2.82. The first-order valence-electron chi connectivity index (χ1n) is 7.13. The number of hydrogen-bond acceptors (Lipinski definition) is 4. The summed E-state index contributed by atoms with van der Waals surface area (Å²) in [6.07, 6.45) is -0.237. The summed E-state index contributed by atoms with van der Waals surface area (Å²) in [5.41, 5.74) is 6.60. The summed E-state index contributed by atoms with van der Waals surface area (Å²) in [6, 6.07) is 6.51. The molecule has 0 heterocycles. The van der Waals surface area contributed by atoms with Gasteiger partial charge in [0.15, 0.2) is 0 Å². The molecule has 0 aliphatic carbocycles. The van der Waals surface area contributed by atoms with Crippen molar-refractivity contribution in [1.82, 2.24) is 10.2 Å². The van der Waals surface area contributed by atoms with Crippen molar-refractivity contribution < 1.29 is 14.3 Å². The summed E-state index contributed by atoms with van der Waals surface area (Å²) in [5.74, 6) is -0.192. The van der Waals surface area contributed by atoms with E-state index in [1.807, 2.05) is 12.1 Å². The average Bonchev–Trinajstić information content (AvgIpc) is 2.37. The van der Waals surface area contributed by atoms with Crippen molar-refractivity contribution in [2.24, 2.45) is 0 Å². The smallest absolute Gasteiger partial charge is 0.408 e. The number of nitrogen functional groups attached to an aromatic ring is 1. The fourth-order valence-corrected chi connectivity index (χ4v) is 1.85. The molecule has 2 amide bonds. The summed E-state index contributed by atoms with van der Waals surface area (Å²) in [6.45, 7) is 5.32. The van der Waals surface area contributed by atoms with E-state index in [1.54, 1.807) is 47.0 Å². The highest BCUT2D eigenvalue weighted by atomic mass is 16.6. The molecule has 0 spiro atoms. The van der Waals surface area contributed by atoms with Gasteiger partial charge in [0.05, 0.1) is 0 Å². The third kappa shape index (κ3) is 6.03. The largest absolute Gasteiger partial charge is 0.444 e. The fraction of sp³-hybridized carbons (Fsp3) is 0.500. The molecular formula is C16H25N3O3. The number of ether oxygens (including phenoxy) is 1. The molecule has 0 fully saturated rings. The topological polar surface area (TPSA) is 84.7 Å². The molecule has 0 aliphatic rings. The number of nitrogens with zero attached hydrogens (tertiary/aromatic N) is 1. The second kappa shape index (κ2) is 7.15. The molecule has 1 aromatic carbocycles. The van der Waals surface area contributed by atoms with Crippen LogP contribution >= 0.6 is 0 Å². The van der Waals surface area contributed by atoms with Crippen LogP contribution < -0.4 is 11.1 Å². The van der Waals surface area contributed by atoms with Gasteiger partial charge in [-0.2, -0.15) is 0 Å². The van der Waals surface area contributed by atoms with Gasteiger partial charge in [0.2, 0.25) is 5.91 Å². The first-order valence-corrected chi connectivity index (χ1v) is 7.13. The number of carbonyl (C=O) groups excluding carboxylic acids is 2. The van der Waals surface area contributed by atoms with Gasteiger partial charge in [-0.15, -0.1) is 0 Å². The molecule has 22 heavy (non-hydrogen) atoms. The lowest BCUT2D eigenvalue weighted by atomic mass is 10.0. The molecular weight excluding hydrogens is 282 g/mol. The van der Waals surface area contributed by atoms with E-state index in [9.17, 15) is 9.59 Å². The predicted molar refractivity (Wildman–Crippen MR) is 86.4 cm³/mol. The Labute approximate surface area is 131 Å². The lowest BCUT2D eigenvalue weighted by Gasteiger charge is -2.25. The minimum Gasteiger partial charge on any atom is -0.444 e. The Morgan fingerprint density at radius 3 is 2.23 bits per heavy atom. The van der Waals surface area contributed by atoms with Gasteiger partial charge in [-0.25, -0.2) is 4.79 Å². The lowest BCUT2D eigenvalue weighted by Crippen LogP contribution is -2.48. The number of rotatable bonds is 4. The number of nitrogens with two attached hydrogens (primary N) is 1. The number of alkyl carbamates (subject to hydrolysis) is 1. The van der Waals surface area contributed by atoms with Crippen molar-refractivity contribution in [3.8, 4) is 0 Å². The monoisotopic (exact) mass is 307 g/mol. The maximum Gasteiger partial charge on any atom is 0.408 e. The molecule has 0 radical (unpaired) electrons. The van der Waals surface area contributed by atoms with Crippen LogP contribution in [0.25, 0.3) is 0 Å². The zero-order valence-electron chi connectivity index (χ0n) is 13.8. The summed E-state index contributed by atoms with van der Waals surface area (Å²) in [7, 11) is 3.30. The Morgan fingerprint density at radius 2 is 1.77 bits per heavy atom. The highest BCUT2D eigenvalue weighted by molar-refractivity contribution is 5.85. The van der Waals surface area contributed by atoms with E-state index < -0.39 is 17.7 Å². The van der Waals surface area contributed by atoms with Gasteiger partial charge in [0.25, 0.3) is 0 Å². The van der Waals surface area contributed by atoms with Crippen LogP contribution in [0.2, 0.25) is 0 Å². The molecule has 122 valence electrons. The molecule has 0 saturated carbocycles. The highest BCUT2D eigenvalue weighted by Crippen LogP contribution is 2.11. The minimum atomic E-state index is -0.687. The first kappa shape index (κ1) is 17.8. The van der Waals surface area contributed by atoms with Crippen LogP contribution in [-0.4, -0.2) is 42.6 Å². The molecule has 0 bridgehead atoms. The molecule has 1 atom stereocenters. The van der Waals surface area contributed by atoms with E-state index in [-0.39, 0.29) is 5.91 Å². The van der Waals surface area contributed by atoms with E-state index in [1.165, 1.54) is 4.90 Å². The molecule has 6 heteroatoms. The molecule has 1 aromatic rings. The molecule has 1 rings (SSSR count). The standard InChI is InChI=1S/C16H25N3O3/c1-16(2,3)22-15(21)18-13(14(20)19(4)5)10-11-6-8-12(17)9-7-11/h6-9,13H,10,17H2,1-5H3,(H,18,21). The minimum absolute atomic E-state index is 0.192. The van der Waals surface area contributed by atoms with Crippen molar-refractivity contribution >= 4 is 17.7 Å². The Bertz CT molecular complexity index is 518. The number of benzene rings is 1. The van der Waals surface area contributed by atoms with Crippen LogP contribution in [0.4, 0.5) is 10.5 Å². The summed E-state index contributed by atoms with van der Waals surface area (Å²) < 4.78 is 5.21. The zero-order chi connectivity index (χ0) is 16.9. The van der Waals surface area contributed by atoms with Crippen molar-refractivity contribution in [3.63, 3.8) is 0 Å². The molecule has 1 unspecified atom stereocenters. The number of anilines is 1. The Kier molecular flexibility index (Phi) is 5.79. The Hall–Kier alpha value is -2.24. The maximum absolute atomic E-state index is 12.2. The molecule has 0 saturated heterocycles. The number of nitrogens with one attached hydrogen (secondary N) is 1. The van der Waals surface area contributed by atoms with Crippen molar-refractivity contribution in [3.05, 3.63) is 29.8 Å². The van der Waals surface area contributed by atoms with Crippen molar-refractivity contribution in [2.45, 2.75) is 38.8 Å². The predicted octanol–water partition coefficient (Wildman–Crippen LogP) is 1.79. The number of carbonyl (C=O) groups is 2. The van der Waals surface area contributed by atoms with Gasteiger partial charge in [-0.1, -0.05) is 12.1 Å². The average molecular weight is 307 g/mol. The van der Waals surface area contributed by atoms with Crippen LogP contribution in [0.3, 0.4) is 0 Å². The molecule has 6 nitrogen and oxygen atoms in total. The maximum atomic E-state index is 12.2. The number of hydrogen-bond donors (Lipinski definition) is 2. The molecule has 0 aromatic heterocycles. The molecule has 3 N–H and O–H groups in total. The lowest BCUT2D eigenvalue weighted by molar-refractivity contribution is -0.130. The van der Waals surface area contributed by atoms with Gasteiger partial charge in [0.1, 0.15) is 11.6 Å². The van der Waals surface area contributed by atoms with E-state index >= 15 is 0 Å². The van der Waals surface area contributed by atoms with Gasteiger partial charge < -0.3 is 20.7 Å².